The van der Waals surface area contributed by atoms with E-state index in [1.54, 1.807) is 12.1 Å². The van der Waals surface area contributed by atoms with Crippen LogP contribution in [0.15, 0.2) is 54.6 Å². The summed E-state index contributed by atoms with van der Waals surface area (Å²) < 4.78 is 13.0. The Kier molecular flexibility index (Phi) is 7.92. The predicted octanol–water partition coefficient (Wildman–Crippen LogP) is 3.97. The van der Waals surface area contributed by atoms with Crippen molar-refractivity contribution < 1.29 is 14.0 Å². The second-order valence-corrected chi connectivity index (χ2v) is 9.08. The SMILES string of the molecule is Cc1cc(NC(=O)NCCN2CCC(N(C)C(=O)CCc3ccc(F)cc3)C2)c2ccccc2n1. The molecule has 0 saturated carbocycles. The zero-order chi connectivity index (χ0) is 24.8. The number of urea groups is 1. The highest BCUT2D eigenvalue weighted by Gasteiger charge is 2.27. The minimum absolute atomic E-state index is 0.0959. The number of aromatic nitrogens is 1. The quantitative estimate of drug-likeness (QED) is 0.515. The summed E-state index contributed by atoms with van der Waals surface area (Å²) in [6.07, 6.45) is 1.92. The summed E-state index contributed by atoms with van der Waals surface area (Å²) in [7, 11) is 1.86. The van der Waals surface area contributed by atoms with Crippen molar-refractivity contribution in [3.05, 3.63) is 71.7 Å². The number of nitrogens with zero attached hydrogens (tertiary/aromatic N) is 3. The topological polar surface area (TPSA) is 77.6 Å². The Labute approximate surface area is 205 Å². The number of fused-ring (bicyclic) bond motifs is 1. The van der Waals surface area contributed by atoms with E-state index in [1.165, 1.54) is 12.1 Å². The smallest absolute Gasteiger partial charge is 0.319 e. The van der Waals surface area contributed by atoms with Crippen molar-refractivity contribution in [3.8, 4) is 0 Å². The van der Waals surface area contributed by atoms with Crippen molar-refractivity contribution >= 4 is 28.5 Å². The second kappa shape index (κ2) is 11.3. The van der Waals surface area contributed by atoms with Crippen LogP contribution in [0.3, 0.4) is 0 Å². The van der Waals surface area contributed by atoms with Gasteiger partial charge in [-0.25, -0.2) is 9.18 Å². The maximum Gasteiger partial charge on any atom is 0.319 e. The molecule has 1 aromatic heterocycles. The third kappa shape index (κ3) is 6.54. The van der Waals surface area contributed by atoms with Crippen LogP contribution in [-0.4, -0.2) is 66.0 Å². The van der Waals surface area contributed by atoms with Crippen molar-refractivity contribution in [3.63, 3.8) is 0 Å². The molecule has 2 aromatic carbocycles. The fourth-order valence-electron chi connectivity index (χ4n) is 4.52. The van der Waals surface area contributed by atoms with Crippen LogP contribution in [0, 0.1) is 12.7 Å². The number of rotatable bonds is 8. The van der Waals surface area contributed by atoms with Gasteiger partial charge in [-0.1, -0.05) is 30.3 Å². The third-order valence-corrected chi connectivity index (χ3v) is 6.54. The lowest BCUT2D eigenvalue weighted by Gasteiger charge is -2.25. The number of anilines is 1. The van der Waals surface area contributed by atoms with E-state index in [0.29, 0.717) is 19.4 Å². The first-order valence-electron chi connectivity index (χ1n) is 12.0. The van der Waals surface area contributed by atoms with E-state index in [-0.39, 0.29) is 23.8 Å². The summed E-state index contributed by atoms with van der Waals surface area (Å²) in [5.41, 5.74) is 3.40. The summed E-state index contributed by atoms with van der Waals surface area (Å²) in [6.45, 7) is 4.82. The van der Waals surface area contributed by atoms with Crippen molar-refractivity contribution in [1.82, 2.24) is 20.1 Å². The van der Waals surface area contributed by atoms with Gasteiger partial charge in [0.1, 0.15) is 5.82 Å². The van der Waals surface area contributed by atoms with Crippen LogP contribution in [0.25, 0.3) is 10.9 Å². The summed E-state index contributed by atoms with van der Waals surface area (Å²) in [4.78, 5) is 33.7. The normalized spacial score (nSPS) is 15.8. The molecule has 7 nitrogen and oxygen atoms in total. The van der Waals surface area contributed by atoms with E-state index in [2.05, 4.69) is 20.5 Å². The van der Waals surface area contributed by atoms with Gasteiger partial charge in [-0.2, -0.15) is 0 Å². The summed E-state index contributed by atoms with van der Waals surface area (Å²) >= 11 is 0. The zero-order valence-electron chi connectivity index (χ0n) is 20.3. The number of hydrogen-bond donors (Lipinski definition) is 2. The highest BCUT2D eigenvalue weighted by atomic mass is 19.1. The van der Waals surface area contributed by atoms with Crippen molar-refractivity contribution in [2.24, 2.45) is 0 Å². The molecule has 1 fully saturated rings. The summed E-state index contributed by atoms with van der Waals surface area (Å²) in [5, 5.41) is 6.78. The number of likely N-dealkylation sites (tertiary alicyclic amines) is 1. The number of carbonyl (C=O) groups is 2. The second-order valence-electron chi connectivity index (χ2n) is 9.08. The van der Waals surface area contributed by atoms with Gasteiger partial charge < -0.3 is 15.5 Å². The number of aryl methyl sites for hydroxylation is 2. The Morgan fingerprint density at radius 2 is 1.94 bits per heavy atom. The van der Waals surface area contributed by atoms with E-state index >= 15 is 0 Å². The van der Waals surface area contributed by atoms with Gasteiger partial charge in [0.2, 0.25) is 5.91 Å². The number of amides is 3. The highest BCUT2D eigenvalue weighted by molar-refractivity contribution is 6.00. The third-order valence-electron chi connectivity index (χ3n) is 6.54. The molecule has 1 aliphatic rings. The molecular weight excluding hydrogens is 445 g/mol. The van der Waals surface area contributed by atoms with Crippen LogP contribution in [0.4, 0.5) is 14.9 Å². The van der Waals surface area contributed by atoms with Gasteiger partial charge in [0, 0.05) is 56.8 Å². The van der Waals surface area contributed by atoms with Crippen molar-refractivity contribution in [2.75, 3.05) is 38.5 Å². The number of nitrogens with one attached hydrogen (secondary N) is 2. The Balaban J connectivity index is 1.19. The molecule has 2 heterocycles. The van der Waals surface area contributed by atoms with Gasteiger partial charge >= 0.3 is 6.03 Å². The van der Waals surface area contributed by atoms with Crippen LogP contribution in [0.2, 0.25) is 0 Å². The van der Waals surface area contributed by atoms with E-state index < -0.39 is 0 Å². The molecule has 0 spiro atoms. The van der Waals surface area contributed by atoms with Crippen LogP contribution in [0.5, 0.6) is 0 Å². The lowest BCUT2D eigenvalue weighted by molar-refractivity contribution is -0.131. The Hall–Kier alpha value is -3.52. The van der Waals surface area contributed by atoms with Gasteiger partial charge in [0.05, 0.1) is 11.2 Å². The number of benzene rings is 2. The average Bonchev–Trinajstić information content (AvgIpc) is 3.31. The molecule has 8 heteroatoms. The number of para-hydroxylation sites is 1. The van der Waals surface area contributed by atoms with Gasteiger partial charge in [-0.05, 0) is 49.6 Å². The van der Waals surface area contributed by atoms with Crippen molar-refractivity contribution in [2.45, 2.75) is 32.2 Å². The number of pyridine rings is 1. The molecule has 1 atom stereocenters. The standard InChI is InChI=1S/C27H32FN5O2/c1-19-17-25(23-5-3-4-6-24(23)30-19)31-27(35)29-14-16-33-15-13-22(18-33)32(2)26(34)12-9-20-7-10-21(28)11-8-20/h3-8,10-11,17,22H,9,12-16,18H2,1-2H3,(H2,29,30,31,35). The molecule has 4 rings (SSSR count). The summed E-state index contributed by atoms with van der Waals surface area (Å²) in [5.74, 6) is -0.172. The van der Waals surface area contributed by atoms with E-state index in [0.717, 1.165) is 53.9 Å². The molecule has 1 aliphatic heterocycles. The lowest BCUT2D eigenvalue weighted by atomic mass is 10.1. The van der Waals surface area contributed by atoms with Crippen LogP contribution in [0.1, 0.15) is 24.1 Å². The highest BCUT2D eigenvalue weighted by Crippen LogP contribution is 2.22. The molecule has 2 N–H and O–H groups in total. The fraction of sp³-hybridized carbons (Fsp3) is 0.370. The largest absolute Gasteiger partial charge is 0.341 e. The first-order chi connectivity index (χ1) is 16.9. The first kappa shape index (κ1) is 24.6. The van der Waals surface area contributed by atoms with E-state index in [1.807, 2.05) is 49.2 Å². The maximum absolute atomic E-state index is 13.0. The molecule has 3 amide bonds. The van der Waals surface area contributed by atoms with Crippen LogP contribution < -0.4 is 10.6 Å². The lowest BCUT2D eigenvalue weighted by Crippen LogP contribution is -2.40. The molecule has 3 aromatic rings. The number of halogens is 1. The first-order valence-corrected chi connectivity index (χ1v) is 12.0. The maximum atomic E-state index is 13.0. The minimum atomic E-state index is -0.267. The van der Waals surface area contributed by atoms with Gasteiger partial charge in [-0.15, -0.1) is 0 Å². The Morgan fingerprint density at radius 1 is 1.17 bits per heavy atom. The van der Waals surface area contributed by atoms with Gasteiger partial charge in [0.25, 0.3) is 0 Å². The van der Waals surface area contributed by atoms with E-state index in [9.17, 15) is 14.0 Å². The number of hydrogen-bond acceptors (Lipinski definition) is 4. The average molecular weight is 478 g/mol. The van der Waals surface area contributed by atoms with E-state index in [4.69, 9.17) is 0 Å². The van der Waals surface area contributed by atoms with Crippen LogP contribution >= 0.6 is 0 Å². The molecule has 1 saturated heterocycles. The molecule has 0 bridgehead atoms. The fourth-order valence-corrected chi connectivity index (χ4v) is 4.52. The molecule has 35 heavy (non-hydrogen) atoms. The molecule has 184 valence electrons. The monoisotopic (exact) mass is 477 g/mol. The Bertz CT molecular complexity index is 1180. The van der Waals surface area contributed by atoms with Crippen molar-refractivity contribution in [1.29, 1.82) is 0 Å². The molecule has 0 aliphatic carbocycles. The predicted molar refractivity (Wildman–Crippen MR) is 136 cm³/mol. The van der Waals surface area contributed by atoms with Gasteiger partial charge in [0.15, 0.2) is 0 Å². The molecule has 1 unspecified atom stereocenters. The number of carbonyl (C=O) groups excluding carboxylic acids is 2. The Morgan fingerprint density at radius 3 is 2.74 bits per heavy atom. The zero-order valence-corrected chi connectivity index (χ0v) is 20.3. The molecular formula is C27H32FN5O2. The van der Waals surface area contributed by atoms with Crippen LogP contribution in [-0.2, 0) is 11.2 Å². The minimum Gasteiger partial charge on any atom is -0.341 e. The number of likely N-dealkylation sites (N-methyl/N-ethyl adjacent to an activating group) is 1. The molecule has 0 radical (unpaired) electrons. The van der Waals surface area contributed by atoms with Gasteiger partial charge in [-0.3, -0.25) is 14.7 Å². The summed E-state index contributed by atoms with van der Waals surface area (Å²) in [6, 6.07) is 15.8.